The first kappa shape index (κ1) is 9.69. The Morgan fingerprint density at radius 3 is 2.38 bits per heavy atom. The highest BCUT2D eigenvalue weighted by Crippen LogP contribution is 2.23. The number of nitrogens with zero attached hydrogens (tertiary/aromatic N) is 1. The van der Waals surface area contributed by atoms with Crippen LogP contribution in [0, 0.1) is 11.6 Å². The average molecular weight is 199 g/mol. The Kier molecular flexibility index (Phi) is 2.35. The van der Waals surface area contributed by atoms with Crippen LogP contribution in [0.15, 0.2) is 12.3 Å². The summed E-state index contributed by atoms with van der Waals surface area (Å²) >= 11 is 0. The Morgan fingerprint density at radius 1 is 1.23 bits per heavy atom. The van der Waals surface area contributed by atoms with Gasteiger partial charge in [-0.15, -0.1) is 13.2 Å². The molecule has 1 heterocycles. The van der Waals surface area contributed by atoms with Crippen LogP contribution >= 0.6 is 0 Å². The van der Waals surface area contributed by atoms with E-state index in [1.807, 2.05) is 0 Å². The second-order valence-corrected chi connectivity index (χ2v) is 1.96. The monoisotopic (exact) mass is 199 g/mol. The van der Waals surface area contributed by atoms with Gasteiger partial charge in [0.15, 0.2) is 5.82 Å². The zero-order valence-electron chi connectivity index (χ0n) is 5.90. The van der Waals surface area contributed by atoms with Crippen molar-refractivity contribution in [3.63, 3.8) is 0 Å². The number of ether oxygens (including phenoxy) is 1. The molecule has 0 amide bonds. The predicted molar refractivity (Wildman–Crippen MR) is 30.8 cm³/mol. The summed E-state index contributed by atoms with van der Waals surface area (Å²) in [6, 6.07) is 0.582. The molecule has 0 aliphatic heterocycles. The molecular weight excluding hydrogens is 197 g/mol. The Labute approximate surface area is 69.0 Å². The fourth-order valence-electron chi connectivity index (χ4n) is 0.583. The topological polar surface area (TPSA) is 22.1 Å². The molecule has 0 saturated carbocycles. The summed E-state index contributed by atoms with van der Waals surface area (Å²) in [5.74, 6) is -4.64. The first-order valence-electron chi connectivity index (χ1n) is 2.96. The van der Waals surface area contributed by atoms with Crippen molar-refractivity contribution >= 4 is 0 Å². The molecule has 72 valence electrons. The van der Waals surface area contributed by atoms with Crippen LogP contribution in [0.25, 0.3) is 0 Å². The fourth-order valence-corrected chi connectivity index (χ4v) is 0.583. The first-order valence-corrected chi connectivity index (χ1v) is 2.96. The van der Waals surface area contributed by atoms with E-state index >= 15 is 0 Å². The maximum atomic E-state index is 12.5. The molecule has 7 heteroatoms. The van der Waals surface area contributed by atoms with Crippen molar-refractivity contribution < 1.29 is 26.7 Å². The van der Waals surface area contributed by atoms with E-state index in [9.17, 15) is 22.0 Å². The summed E-state index contributed by atoms with van der Waals surface area (Å²) < 4.78 is 62.4. The molecule has 0 radical (unpaired) electrons. The van der Waals surface area contributed by atoms with Crippen molar-refractivity contribution in [3.8, 4) is 5.88 Å². The number of halogens is 5. The molecule has 0 aliphatic carbocycles. The van der Waals surface area contributed by atoms with E-state index < -0.39 is 23.9 Å². The van der Waals surface area contributed by atoms with Crippen LogP contribution in [-0.4, -0.2) is 11.3 Å². The van der Waals surface area contributed by atoms with Crippen LogP contribution in [0.3, 0.4) is 0 Å². The number of alkyl halides is 3. The van der Waals surface area contributed by atoms with Gasteiger partial charge in [-0.2, -0.15) is 4.39 Å². The van der Waals surface area contributed by atoms with E-state index in [0.717, 1.165) is 0 Å². The largest absolute Gasteiger partial charge is 0.574 e. The molecule has 0 aromatic carbocycles. The number of rotatable bonds is 1. The Bertz CT molecular complexity index is 310. The smallest absolute Gasteiger partial charge is 0.385 e. The van der Waals surface area contributed by atoms with Crippen LogP contribution in [0.2, 0.25) is 0 Å². The van der Waals surface area contributed by atoms with Crippen LogP contribution < -0.4 is 4.74 Å². The van der Waals surface area contributed by atoms with Crippen LogP contribution in [0.1, 0.15) is 0 Å². The Morgan fingerprint density at radius 2 is 1.85 bits per heavy atom. The Hall–Kier alpha value is -1.40. The minimum atomic E-state index is -5.08. The van der Waals surface area contributed by atoms with E-state index in [1.54, 1.807) is 0 Å². The third-order valence-corrected chi connectivity index (χ3v) is 1.02. The van der Waals surface area contributed by atoms with Gasteiger partial charge in [0.2, 0.25) is 5.82 Å². The van der Waals surface area contributed by atoms with Gasteiger partial charge in [-0.3, -0.25) is 0 Å². The van der Waals surface area contributed by atoms with Crippen molar-refractivity contribution in [1.29, 1.82) is 0 Å². The fraction of sp³-hybridized carbons (Fsp3) is 0.167. The van der Waals surface area contributed by atoms with E-state index in [4.69, 9.17) is 0 Å². The van der Waals surface area contributed by atoms with Gasteiger partial charge >= 0.3 is 6.36 Å². The summed E-state index contributed by atoms with van der Waals surface area (Å²) in [5.41, 5.74) is 0. The van der Waals surface area contributed by atoms with Crippen molar-refractivity contribution in [2.45, 2.75) is 6.36 Å². The standard InChI is InChI=1S/C6H2F5NO/c7-3-1-2-12-5(4(3)8)13-6(9,10)11/h1-2H. The number of hydrogen-bond donors (Lipinski definition) is 0. The van der Waals surface area contributed by atoms with Crippen LogP contribution in [0.4, 0.5) is 22.0 Å². The maximum absolute atomic E-state index is 12.5. The lowest BCUT2D eigenvalue weighted by Crippen LogP contribution is -2.19. The summed E-state index contributed by atoms with van der Waals surface area (Å²) in [6.07, 6.45) is -4.42. The molecular formula is C6H2F5NO. The van der Waals surface area contributed by atoms with Gasteiger partial charge in [0.05, 0.1) is 0 Å². The normalized spacial score (nSPS) is 11.5. The van der Waals surface area contributed by atoms with Gasteiger partial charge in [0.1, 0.15) is 0 Å². The molecule has 1 rings (SSSR count). The van der Waals surface area contributed by atoms with Crippen molar-refractivity contribution in [3.05, 3.63) is 23.9 Å². The van der Waals surface area contributed by atoms with E-state index in [1.165, 1.54) is 0 Å². The number of pyridine rings is 1. The van der Waals surface area contributed by atoms with Gasteiger partial charge in [-0.05, 0) is 6.07 Å². The van der Waals surface area contributed by atoms with E-state index in [2.05, 4.69) is 9.72 Å². The Balaban J connectivity index is 2.96. The molecule has 0 atom stereocenters. The second-order valence-electron chi connectivity index (χ2n) is 1.96. The molecule has 13 heavy (non-hydrogen) atoms. The molecule has 2 nitrogen and oxygen atoms in total. The lowest BCUT2D eigenvalue weighted by atomic mass is 10.4. The third kappa shape index (κ3) is 2.53. The minimum absolute atomic E-state index is 0.582. The SMILES string of the molecule is Fc1ccnc(OC(F)(F)F)c1F. The van der Waals surface area contributed by atoms with Crippen molar-refractivity contribution in [1.82, 2.24) is 4.98 Å². The van der Waals surface area contributed by atoms with Gasteiger partial charge in [-0.25, -0.2) is 9.37 Å². The summed E-state index contributed by atoms with van der Waals surface area (Å²) in [7, 11) is 0. The number of aromatic nitrogens is 1. The molecule has 0 spiro atoms. The lowest BCUT2D eigenvalue weighted by molar-refractivity contribution is -0.277. The molecule has 1 aromatic heterocycles. The molecule has 0 bridgehead atoms. The van der Waals surface area contributed by atoms with Gasteiger partial charge < -0.3 is 4.74 Å². The highest BCUT2D eigenvalue weighted by Gasteiger charge is 2.33. The zero-order valence-corrected chi connectivity index (χ0v) is 5.90. The molecule has 0 fully saturated rings. The summed E-state index contributed by atoms with van der Waals surface area (Å²) in [4.78, 5) is 2.87. The first-order chi connectivity index (χ1) is 5.90. The zero-order chi connectivity index (χ0) is 10.1. The minimum Gasteiger partial charge on any atom is -0.385 e. The van der Waals surface area contributed by atoms with Crippen molar-refractivity contribution in [2.75, 3.05) is 0 Å². The lowest BCUT2D eigenvalue weighted by Gasteiger charge is -2.07. The van der Waals surface area contributed by atoms with Gasteiger partial charge in [-0.1, -0.05) is 0 Å². The van der Waals surface area contributed by atoms with E-state index in [-0.39, 0.29) is 0 Å². The molecule has 0 aliphatic rings. The van der Waals surface area contributed by atoms with Gasteiger partial charge in [0, 0.05) is 6.20 Å². The van der Waals surface area contributed by atoms with E-state index in [0.29, 0.717) is 12.3 Å². The summed E-state index contributed by atoms with van der Waals surface area (Å²) in [5, 5.41) is 0. The predicted octanol–water partition coefficient (Wildman–Crippen LogP) is 2.26. The molecule has 0 saturated heterocycles. The second kappa shape index (κ2) is 3.15. The quantitative estimate of drug-likeness (QED) is 0.647. The molecule has 1 aromatic rings. The molecule has 0 N–H and O–H groups in total. The highest BCUT2D eigenvalue weighted by molar-refractivity contribution is 5.14. The average Bonchev–Trinajstić information content (AvgIpc) is 1.96. The van der Waals surface area contributed by atoms with Crippen molar-refractivity contribution in [2.24, 2.45) is 0 Å². The maximum Gasteiger partial charge on any atom is 0.574 e. The third-order valence-electron chi connectivity index (χ3n) is 1.02. The highest BCUT2D eigenvalue weighted by atomic mass is 19.4. The molecule has 0 unspecified atom stereocenters. The van der Waals surface area contributed by atoms with Gasteiger partial charge in [0.25, 0.3) is 5.88 Å². The van der Waals surface area contributed by atoms with Crippen LogP contribution in [0.5, 0.6) is 5.88 Å². The summed E-state index contributed by atoms with van der Waals surface area (Å²) in [6.45, 7) is 0. The van der Waals surface area contributed by atoms with Crippen LogP contribution in [-0.2, 0) is 0 Å². The number of hydrogen-bond acceptors (Lipinski definition) is 2.